The van der Waals surface area contributed by atoms with Gasteiger partial charge in [0.1, 0.15) is 21.2 Å². The molecule has 1 rings (SSSR count). The van der Waals surface area contributed by atoms with Crippen molar-refractivity contribution in [1.82, 2.24) is 15.1 Å². The predicted molar refractivity (Wildman–Crippen MR) is 64.3 cm³/mol. The van der Waals surface area contributed by atoms with Gasteiger partial charge in [-0.3, -0.25) is 9.48 Å². The van der Waals surface area contributed by atoms with E-state index in [4.69, 9.17) is 5.73 Å². The minimum absolute atomic E-state index is 0.0514. The maximum atomic E-state index is 11.6. The number of hydrogen-bond donors (Lipinski definition) is 2. The molecule has 8 heteroatoms. The Balaban J connectivity index is 2.43. The smallest absolute Gasteiger partial charge is 0.256 e. The van der Waals surface area contributed by atoms with Gasteiger partial charge in [-0.25, -0.2) is 8.42 Å². The van der Waals surface area contributed by atoms with Crippen LogP contribution < -0.4 is 11.1 Å². The van der Waals surface area contributed by atoms with Crippen molar-refractivity contribution in [2.24, 2.45) is 7.05 Å². The molecule has 1 aromatic heterocycles. The van der Waals surface area contributed by atoms with Crippen LogP contribution in [-0.2, 0) is 16.9 Å². The molecule has 0 bridgehead atoms. The fourth-order valence-electron chi connectivity index (χ4n) is 1.25. The van der Waals surface area contributed by atoms with Crippen molar-refractivity contribution in [3.05, 3.63) is 11.8 Å². The molecule has 0 aliphatic rings. The minimum atomic E-state index is -2.98. The molecule has 0 saturated heterocycles. The van der Waals surface area contributed by atoms with Crippen LogP contribution in [0.15, 0.2) is 6.20 Å². The zero-order valence-corrected chi connectivity index (χ0v) is 10.6. The number of aryl methyl sites for hydroxylation is 1. The summed E-state index contributed by atoms with van der Waals surface area (Å²) in [6, 6.07) is 0. The van der Waals surface area contributed by atoms with Gasteiger partial charge in [0.2, 0.25) is 0 Å². The first-order chi connectivity index (χ1) is 7.81. The summed E-state index contributed by atoms with van der Waals surface area (Å²) in [6.45, 7) is 0.292. The van der Waals surface area contributed by atoms with Crippen LogP contribution in [0.2, 0.25) is 0 Å². The average Bonchev–Trinajstić information content (AvgIpc) is 2.53. The third kappa shape index (κ3) is 4.06. The SMILES string of the molecule is Cn1ncc(C(=O)NCCCS(C)(=O)=O)c1N. The molecule has 1 amide bonds. The summed E-state index contributed by atoms with van der Waals surface area (Å²) >= 11 is 0. The predicted octanol–water partition coefficient (Wildman–Crippen LogP) is -0.833. The molecule has 17 heavy (non-hydrogen) atoms. The van der Waals surface area contributed by atoms with E-state index in [1.807, 2.05) is 0 Å². The Kier molecular flexibility index (Phi) is 4.11. The monoisotopic (exact) mass is 260 g/mol. The van der Waals surface area contributed by atoms with Crippen LogP contribution in [0.1, 0.15) is 16.8 Å². The molecule has 0 fully saturated rings. The van der Waals surface area contributed by atoms with Gasteiger partial charge in [0.25, 0.3) is 5.91 Å². The Hall–Kier alpha value is -1.57. The summed E-state index contributed by atoms with van der Waals surface area (Å²) in [7, 11) is -1.35. The van der Waals surface area contributed by atoms with Gasteiger partial charge in [0.15, 0.2) is 0 Å². The number of anilines is 1. The van der Waals surface area contributed by atoms with Crippen molar-refractivity contribution in [1.29, 1.82) is 0 Å². The van der Waals surface area contributed by atoms with Crippen molar-refractivity contribution in [3.63, 3.8) is 0 Å². The average molecular weight is 260 g/mol. The van der Waals surface area contributed by atoms with Crippen LogP contribution in [-0.4, -0.2) is 42.7 Å². The summed E-state index contributed by atoms with van der Waals surface area (Å²) in [5.41, 5.74) is 5.92. The number of sulfone groups is 1. The lowest BCUT2D eigenvalue weighted by atomic mass is 10.3. The second-order valence-corrected chi connectivity index (χ2v) is 6.07. The molecule has 3 N–H and O–H groups in total. The van der Waals surface area contributed by atoms with E-state index in [9.17, 15) is 13.2 Å². The van der Waals surface area contributed by atoms with E-state index < -0.39 is 9.84 Å². The highest BCUT2D eigenvalue weighted by molar-refractivity contribution is 7.90. The second kappa shape index (κ2) is 5.17. The van der Waals surface area contributed by atoms with Crippen LogP contribution in [0.3, 0.4) is 0 Å². The zero-order chi connectivity index (χ0) is 13.1. The van der Waals surface area contributed by atoms with Crippen molar-refractivity contribution < 1.29 is 13.2 Å². The van der Waals surface area contributed by atoms with Crippen LogP contribution in [0.25, 0.3) is 0 Å². The molecule has 0 saturated carbocycles. The third-order valence-corrected chi connectivity index (χ3v) is 3.24. The molecule has 96 valence electrons. The number of aromatic nitrogens is 2. The summed E-state index contributed by atoms with van der Waals surface area (Å²) in [4.78, 5) is 11.6. The Morgan fingerprint density at radius 3 is 2.71 bits per heavy atom. The number of nitrogens with two attached hydrogens (primary N) is 1. The maximum absolute atomic E-state index is 11.6. The van der Waals surface area contributed by atoms with Crippen molar-refractivity contribution in [2.45, 2.75) is 6.42 Å². The lowest BCUT2D eigenvalue weighted by molar-refractivity contribution is 0.0954. The molecule has 0 aliphatic heterocycles. The Morgan fingerprint density at radius 1 is 1.59 bits per heavy atom. The second-order valence-electron chi connectivity index (χ2n) is 3.81. The standard InChI is InChI=1S/C9H16N4O3S/c1-13-8(10)7(6-12-13)9(14)11-4-3-5-17(2,15)16/h6H,3-5,10H2,1-2H3,(H,11,14). The number of hydrogen-bond acceptors (Lipinski definition) is 5. The molecular weight excluding hydrogens is 244 g/mol. The van der Waals surface area contributed by atoms with Gasteiger partial charge in [-0.15, -0.1) is 0 Å². The van der Waals surface area contributed by atoms with Gasteiger partial charge in [0, 0.05) is 19.8 Å². The number of nitrogens with one attached hydrogen (secondary N) is 1. The molecule has 0 spiro atoms. The van der Waals surface area contributed by atoms with Crippen LogP contribution in [0, 0.1) is 0 Å². The van der Waals surface area contributed by atoms with E-state index in [1.165, 1.54) is 10.9 Å². The van der Waals surface area contributed by atoms with Gasteiger partial charge < -0.3 is 11.1 Å². The number of amides is 1. The summed E-state index contributed by atoms with van der Waals surface area (Å²) in [5.74, 6) is -0.00906. The fourth-order valence-corrected chi connectivity index (χ4v) is 1.92. The summed E-state index contributed by atoms with van der Waals surface area (Å²) < 4.78 is 23.1. The van der Waals surface area contributed by atoms with Gasteiger partial charge in [-0.1, -0.05) is 0 Å². The van der Waals surface area contributed by atoms with E-state index in [-0.39, 0.29) is 17.5 Å². The highest BCUT2D eigenvalue weighted by Crippen LogP contribution is 2.08. The molecule has 0 radical (unpaired) electrons. The van der Waals surface area contributed by atoms with Crippen molar-refractivity contribution in [2.75, 3.05) is 24.3 Å². The number of nitrogens with zero attached hydrogens (tertiary/aromatic N) is 2. The van der Waals surface area contributed by atoms with E-state index >= 15 is 0 Å². The fraction of sp³-hybridized carbons (Fsp3) is 0.556. The first-order valence-electron chi connectivity index (χ1n) is 5.04. The largest absolute Gasteiger partial charge is 0.383 e. The number of carbonyl (C=O) groups excluding carboxylic acids is 1. The van der Waals surface area contributed by atoms with Crippen LogP contribution >= 0.6 is 0 Å². The Morgan fingerprint density at radius 2 is 2.24 bits per heavy atom. The minimum Gasteiger partial charge on any atom is -0.383 e. The maximum Gasteiger partial charge on any atom is 0.256 e. The highest BCUT2D eigenvalue weighted by atomic mass is 32.2. The molecule has 0 atom stereocenters. The van der Waals surface area contributed by atoms with E-state index in [1.54, 1.807) is 7.05 Å². The summed E-state index contributed by atoms with van der Waals surface area (Å²) in [5, 5.41) is 6.43. The van der Waals surface area contributed by atoms with Crippen LogP contribution in [0.5, 0.6) is 0 Å². The lowest BCUT2D eigenvalue weighted by Crippen LogP contribution is -2.26. The number of rotatable bonds is 5. The molecule has 0 aromatic carbocycles. The highest BCUT2D eigenvalue weighted by Gasteiger charge is 2.13. The molecule has 0 aliphatic carbocycles. The first kappa shape index (κ1) is 13.5. The van der Waals surface area contributed by atoms with Gasteiger partial charge in [-0.2, -0.15) is 5.10 Å². The molecular formula is C9H16N4O3S. The number of nitrogen functional groups attached to an aromatic ring is 1. The Bertz CT molecular complexity index is 506. The molecule has 7 nitrogen and oxygen atoms in total. The van der Waals surface area contributed by atoms with Gasteiger partial charge in [0.05, 0.1) is 11.9 Å². The van der Waals surface area contributed by atoms with E-state index in [2.05, 4.69) is 10.4 Å². The van der Waals surface area contributed by atoms with Crippen molar-refractivity contribution >= 4 is 21.6 Å². The Labute approximate surface area is 99.9 Å². The van der Waals surface area contributed by atoms with Gasteiger partial charge >= 0.3 is 0 Å². The molecule has 1 heterocycles. The molecule has 1 aromatic rings. The number of carbonyl (C=O) groups is 1. The van der Waals surface area contributed by atoms with Gasteiger partial charge in [-0.05, 0) is 6.42 Å². The molecule has 0 unspecified atom stereocenters. The van der Waals surface area contributed by atoms with E-state index in [0.29, 0.717) is 18.5 Å². The normalized spacial score (nSPS) is 11.4. The first-order valence-corrected chi connectivity index (χ1v) is 7.10. The third-order valence-electron chi connectivity index (χ3n) is 2.21. The zero-order valence-electron chi connectivity index (χ0n) is 9.80. The quantitative estimate of drug-likeness (QED) is 0.672. The summed E-state index contributed by atoms with van der Waals surface area (Å²) in [6.07, 6.45) is 2.92. The van der Waals surface area contributed by atoms with Crippen LogP contribution in [0.4, 0.5) is 5.82 Å². The van der Waals surface area contributed by atoms with E-state index in [0.717, 1.165) is 6.26 Å². The van der Waals surface area contributed by atoms with Crippen molar-refractivity contribution in [3.8, 4) is 0 Å². The lowest BCUT2D eigenvalue weighted by Gasteiger charge is -2.03. The topological polar surface area (TPSA) is 107 Å².